The zero-order valence-electron chi connectivity index (χ0n) is 9.50. The van der Waals surface area contributed by atoms with Gasteiger partial charge >= 0.3 is 0 Å². The van der Waals surface area contributed by atoms with Crippen molar-refractivity contribution in [2.75, 3.05) is 5.88 Å². The minimum absolute atomic E-state index is 0.0450. The van der Waals surface area contributed by atoms with E-state index in [1.54, 1.807) is 0 Å². The highest BCUT2D eigenvalue weighted by molar-refractivity contribution is 6.18. The molecule has 0 radical (unpaired) electrons. The minimum Gasteiger partial charge on any atom is -0.441 e. The van der Waals surface area contributed by atoms with Crippen LogP contribution in [0, 0.1) is 6.92 Å². The molecule has 4 nitrogen and oxygen atoms in total. The molecule has 0 aliphatic heterocycles. The van der Waals surface area contributed by atoms with Gasteiger partial charge in [0.1, 0.15) is 5.52 Å². The maximum atomic E-state index is 11.3. The third-order valence-corrected chi connectivity index (χ3v) is 2.56. The Balaban J connectivity index is 2.06. The van der Waals surface area contributed by atoms with E-state index in [1.165, 1.54) is 0 Å². The van der Waals surface area contributed by atoms with E-state index in [0.29, 0.717) is 24.7 Å². The summed E-state index contributed by atoms with van der Waals surface area (Å²) in [7, 11) is 0. The van der Waals surface area contributed by atoms with Crippen LogP contribution in [0.25, 0.3) is 11.1 Å². The molecule has 0 bridgehead atoms. The van der Waals surface area contributed by atoms with Crippen LogP contribution >= 0.6 is 11.6 Å². The smallest absolute Gasteiger partial charge is 0.221 e. The van der Waals surface area contributed by atoms with Gasteiger partial charge in [-0.15, -0.1) is 11.6 Å². The second-order valence-corrected chi connectivity index (χ2v) is 4.13. The fourth-order valence-corrected chi connectivity index (χ4v) is 1.74. The number of carbonyl (C=O) groups is 1. The van der Waals surface area contributed by atoms with Gasteiger partial charge in [-0.2, -0.15) is 0 Å². The van der Waals surface area contributed by atoms with Crippen molar-refractivity contribution >= 4 is 28.6 Å². The predicted octanol–water partition coefficient (Wildman–Crippen LogP) is 2.38. The second kappa shape index (κ2) is 5.19. The maximum Gasteiger partial charge on any atom is 0.221 e. The molecule has 0 fully saturated rings. The van der Waals surface area contributed by atoms with Crippen LogP contribution in [0.5, 0.6) is 0 Å². The zero-order valence-corrected chi connectivity index (χ0v) is 10.3. The van der Waals surface area contributed by atoms with Crippen LogP contribution in [0.3, 0.4) is 0 Å². The summed E-state index contributed by atoms with van der Waals surface area (Å²) in [6.07, 6.45) is 0.340. The van der Waals surface area contributed by atoms with Crippen LogP contribution < -0.4 is 5.32 Å². The predicted molar refractivity (Wildman–Crippen MR) is 65.9 cm³/mol. The molecule has 0 saturated heterocycles. The Morgan fingerprint density at radius 1 is 1.53 bits per heavy atom. The van der Waals surface area contributed by atoms with Crippen molar-refractivity contribution in [1.29, 1.82) is 0 Å². The molecule has 5 heteroatoms. The Hall–Kier alpha value is -1.55. The monoisotopic (exact) mass is 252 g/mol. The molecule has 0 atom stereocenters. The van der Waals surface area contributed by atoms with E-state index in [0.717, 1.165) is 16.7 Å². The summed E-state index contributed by atoms with van der Waals surface area (Å²) in [4.78, 5) is 15.5. The first-order chi connectivity index (χ1) is 8.19. The van der Waals surface area contributed by atoms with E-state index in [2.05, 4.69) is 10.3 Å². The first-order valence-electron chi connectivity index (χ1n) is 5.38. The highest BCUT2D eigenvalue weighted by Gasteiger charge is 2.04. The number of rotatable bonds is 4. The van der Waals surface area contributed by atoms with Crippen molar-refractivity contribution in [1.82, 2.24) is 10.3 Å². The number of amides is 1. The van der Waals surface area contributed by atoms with Crippen LogP contribution in [0.2, 0.25) is 0 Å². The summed E-state index contributed by atoms with van der Waals surface area (Å²) in [5.74, 6) is 0.938. The van der Waals surface area contributed by atoms with E-state index in [9.17, 15) is 4.79 Å². The lowest BCUT2D eigenvalue weighted by Crippen LogP contribution is -2.22. The van der Waals surface area contributed by atoms with Gasteiger partial charge in [0, 0.05) is 25.8 Å². The summed E-state index contributed by atoms with van der Waals surface area (Å²) in [6.45, 7) is 2.29. The average molecular weight is 253 g/mol. The Kier molecular flexibility index (Phi) is 3.64. The van der Waals surface area contributed by atoms with E-state index in [4.69, 9.17) is 16.0 Å². The minimum atomic E-state index is -0.0450. The molecule has 0 aliphatic rings. The molecule has 1 N–H and O–H groups in total. The van der Waals surface area contributed by atoms with Gasteiger partial charge in [-0.05, 0) is 17.7 Å². The molecule has 1 aromatic heterocycles. The van der Waals surface area contributed by atoms with Crippen LogP contribution in [0.1, 0.15) is 17.9 Å². The van der Waals surface area contributed by atoms with Gasteiger partial charge < -0.3 is 9.73 Å². The average Bonchev–Trinajstić information content (AvgIpc) is 2.66. The van der Waals surface area contributed by atoms with E-state index in [-0.39, 0.29) is 5.91 Å². The Labute approximate surface area is 104 Å². The van der Waals surface area contributed by atoms with Crippen LogP contribution in [0.15, 0.2) is 22.6 Å². The third kappa shape index (κ3) is 2.97. The van der Waals surface area contributed by atoms with Crippen molar-refractivity contribution in [3.05, 3.63) is 29.7 Å². The zero-order chi connectivity index (χ0) is 12.3. The fourth-order valence-electron chi connectivity index (χ4n) is 1.57. The van der Waals surface area contributed by atoms with Gasteiger partial charge in [0.15, 0.2) is 11.5 Å². The Morgan fingerprint density at radius 3 is 3.12 bits per heavy atom. The number of carbonyl (C=O) groups excluding carboxylic acids is 1. The molecule has 2 aromatic rings. The molecular formula is C12H13ClN2O2. The molecular weight excluding hydrogens is 240 g/mol. The number of fused-ring (bicyclic) bond motifs is 1. The number of nitrogens with zero attached hydrogens (tertiary/aromatic N) is 1. The molecule has 1 amide bonds. The molecule has 0 aliphatic carbocycles. The van der Waals surface area contributed by atoms with Crippen molar-refractivity contribution in [3.8, 4) is 0 Å². The van der Waals surface area contributed by atoms with Crippen molar-refractivity contribution in [3.63, 3.8) is 0 Å². The molecule has 0 unspecified atom stereocenters. The number of nitrogens with one attached hydrogen (secondary N) is 1. The summed E-state index contributed by atoms with van der Waals surface area (Å²) >= 11 is 5.48. The number of aromatic nitrogens is 1. The first kappa shape index (κ1) is 11.9. The van der Waals surface area contributed by atoms with Gasteiger partial charge in [-0.25, -0.2) is 4.98 Å². The molecule has 90 valence electrons. The number of benzene rings is 1. The van der Waals surface area contributed by atoms with Crippen LogP contribution in [0.4, 0.5) is 0 Å². The van der Waals surface area contributed by atoms with Gasteiger partial charge in [-0.1, -0.05) is 6.07 Å². The number of hydrogen-bond acceptors (Lipinski definition) is 3. The molecule has 17 heavy (non-hydrogen) atoms. The lowest BCUT2D eigenvalue weighted by molar-refractivity contribution is -0.120. The number of aryl methyl sites for hydroxylation is 1. The largest absolute Gasteiger partial charge is 0.441 e. The standard InChI is InChI=1S/C12H13ClN2O2/c1-8-15-10-6-9(2-3-11(10)17-8)7-14-12(16)4-5-13/h2-3,6H,4-5,7H2,1H3,(H,14,16). The van der Waals surface area contributed by atoms with Crippen LogP contribution in [-0.4, -0.2) is 16.8 Å². The summed E-state index contributed by atoms with van der Waals surface area (Å²) in [6, 6.07) is 5.68. The molecule has 2 rings (SSSR count). The van der Waals surface area contributed by atoms with Gasteiger partial charge in [0.25, 0.3) is 0 Å². The normalized spacial score (nSPS) is 10.7. The lowest BCUT2D eigenvalue weighted by atomic mass is 10.2. The van der Waals surface area contributed by atoms with Crippen molar-refractivity contribution in [2.24, 2.45) is 0 Å². The maximum absolute atomic E-state index is 11.3. The number of halogens is 1. The van der Waals surface area contributed by atoms with Crippen LogP contribution in [-0.2, 0) is 11.3 Å². The fraction of sp³-hybridized carbons (Fsp3) is 0.333. The third-order valence-electron chi connectivity index (χ3n) is 2.37. The van der Waals surface area contributed by atoms with Gasteiger partial charge in [0.05, 0.1) is 0 Å². The first-order valence-corrected chi connectivity index (χ1v) is 5.91. The number of alkyl halides is 1. The summed E-state index contributed by atoms with van der Waals surface area (Å²) < 4.78 is 5.37. The van der Waals surface area contributed by atoms with Gasteiger partial charge in [0.2, 0.25) is 5.91 Å². The quantitative estimate of drug-likeness (QED) is 0.850. The van der Waals surface area contributed by atoms with E-state index in [1.807, 2.05) is 25.1 Å². The highest BCUT2D eigenvalue weighted by atomic mass is 35.5. The number of hydrogen-bond donors (Lipinski definition) is 1. The molecule has 0 spiro atoms. The summed E-state index contributed by atoms with van der Waals surface area (Å²) in [5, 5.41) is 2.79. The van der Waals surface area contributed by atoms with Crippen molar-refractivity contribution < 1.29 is 9.21 Å². The van der Waals surface area contributed by atoms with Gasteiger partial charge in [-0.3, -0.25) is 4.79 Å². The molecule has 0 saturated carbocycles. The van der Waals surface area contributed by atoms with E-state index >= 15 is 0 Å². The van der Waals surface area contributed by atoms with E-state index < -0.39 is 0 Å². The topological polar surface area (TPSA) is 55.1 Å². The number of oxazole rings is 1. The Bertz CT molecular complexity index is 536. The highest BCUT2D eigenvalue weighted by Crippen LogP contribution is 2.16. The Morgan fingerprint density at radius 2 is 2.35 bits per heavy atom. The second-order valence-electron chi connectivity index (χ2n) is 3.75. The molecule has 1 heterocycles. The van der Waals surface area contributed by atoms with Crippen molar-refractivity contribution in [2.45, 2.75) is 19.9 Å². The molecule has 1 aromatic carbocycles. The lowest BCUT2D eigenvalue weighted by Gasteiger charge is -2.03. The SMILES string of the molecule is Cc1nc2cc(CNC(=O)CCCl)ccc2o1. The summed E-state index contributed by atoms with van der Waals surface area (Å²) in [5.41, 5.74) is 2.57.